The summed E-state index contributed by atoms with van der Waals surface area (Å²) in [4.78, 5) is 22.6. The zero-order valence-corrected chi connectivity index (χ0v) is 7.92. The van der Waals surface area contributed by atoms with Crippen LogP contribution in [0.5, 0.6) is 0 Å². The first kappa shape index (κ1) is 11.6. The van der Waals surface area contributed by atoms with Gasteiger partial charge in [-0.05, 0) is 4.92 Å². The average Bonchev–Trinajstić information content (AvgIpc) is 2.16. The molecule has 0 radical (unpaired) electrons. The van der Waals surface area contributed by atoms with E-state index in [9.17, 15) is 23.7 Å². The number of halogens is 3. The van der Waals surface area contributed by atoms with Gasteiger partial charge in [-0.3, -0.25) is 4.79 Å². The van der Waals surface area contributed by atoms with Crippen molar-refractivity contribution >= 4 is 17.4 Å². The molecule has 1 N–H and O–H groups in total. The number of nitrogens with one attached hydrogen (secondary N) is 1. The van der Waals surface area contributed by atoms with Crippen LogP contribution >= 0.6 is 11.6 Å². The fraction of sp³-hybridized carbons (Fsp3) is 0.286. The third kappa shape index (κ3) is 2.12. The van der Waals surface area contributed by atoms with Gasteiger partial charge >= 0.3 is 5.82 Å². The zero-order valence-electron chi connectivity index (χ0n) is 7.17. The van der Waals surface area contributed by atoms with E-state index < -0.39 is 28.2 Å². The molecule has 0 bridgehead atoms. The van der Waals surface area contributed by atoms with E-state index in [0.717, 1.165) is 6.20 Å². The third-order valence-corrected chi connectivity index (χ3v) is 2.01. The average molecular weight is 239 g/mol. The van der Waals surface area contributed by atoms with Gasteiger partial charge in [0.05, 0.1) is 17.6 Å². The molecular weight excluding hydrogens is 234 g/mol. The first-order valence-electron chi connectivity index (χ1n) is 3.72. The Labute approximate surface area is 86.8 Å². The van der Waals surface area contributed by atoms with Crippen molar-refractivity contribution in [2.75, 3.05) is 0 Å². The van der Waals surface area contributed by atoms with Gasteiger partial charge in [0, 0.05) is 0 Å². The van der Waals surface area contributed by atoms with Crippen molar-refractivity contribution in [3.05, 3.63) is 37.7 Å². The topological polar surface area (TPSA) is 76.0 Å². The number of aromatic nitrogens is 1. The molecular formula is C7H5ClF2N2O3. The molecule has 0 atom stereocenters. The van der Waals surface area contributed by atoms with Crippen LogP contribution in [0.1, 0.15) is 17.6 Å². The van der Waals surface area contributed by atoms with Gasteiger partial charge in [-0.25, -0.2) is 13.8 Å². The maximum atomic E-state index is 12.4. The molecule has 0 aliphatic heterocycles. The van der Waals surface area contributed by atoms with Gasteiger partial charge in [0.15, 0.2) is 5.56 Å². The largest absolute Gasteiger partial charge is 0.358 e. The minimum absolute atomic E-state index is 0.127. The van der Waals surface area contributed by atoms with Crippen LogP contribution in [0.25, 0.3) is 0 Å². The highest BCUT2D eigenvalue weighted by Crippen LogP contribution is 2.23. The van der Waals surface area contributed by atoms with E-state index in [1.807, 2.05) is 4.98 Å². The Morgan fingerprint density at radius 3 is 2.60 bits per heavy atom. The molecule has 0 aliphatic rings. The van der Waals surface area contributed by atoms with Crippen LogP contribution in [0, 0.1) is 10.1 Å². The highest BCUT2D eigenvalue weighted by molar-refractivity contribution is 6.17. The number of rotatable bonds is 3. The lowest BCUT2D eigenvalue weighted by Gasteiger charge is -2.03. The van der Waals surface area contributed by atoms with Gasteiger partial charge in [-0.2, -0.15) is 0 Å². The smallest absolute Gasteiger partial charge is 0.333 e. The molecule has 0 spiro atoms. The Bertz CT molecular complexity index is 446. The van der Waals surface area contributed by atoms with Crippen molar-refractivity contribution in [3.63, 3.8) is 0 Å². The molecule has 0 fully saturated rings. The van der Waals surface area contributed by atoms with Gasteiger partial charge in [-0.15, -0.1) is 11.6 Å². The number of H-pyrrole nitrogens is 1. The van der Waals surface area contributed by atoms with Crippen molar-refractivity contribution in [2.45, 2.75) is 12.3 Å². The number of nitrogens with zero attached hydrogens (tertiary/aromatic N) is 1. The van der Waals surface area contributed by atoms with E-state index in [1.165, 1.54) is 0 Å². The lowest BCUT2D eigenvalue weighted by molar-refractivity contribution is -0.391. The summed E-state index contributed by atoms with van der Waals surface area (Å²) >= 11 is 5.31. The second-order valence-electron chi connectivity index (χ2n) is 2.60. The quantitative estimate of drug-likeness (QED) is 0.497. The first-order chi connectivity index (χ1) is 6.99. The van der Waals surface area contributed by atoms with Crippen LogP contribution < -0.4 is 5.43 Å². The monoisotopic (exact) mass is 238 g/mol. The second-order valence-corrected chi connectivity index (χ2v) is 2.86. The van der Waals surface area contributed by atoms with Gasteiger partial charge in [0.25, 0.3) is 6.43 Å². The molecule has 0 aliphatic carbocycles. The van der Waals surface area contributed by atoms with Crippen molar-refractivity contribution in [1.29, 1.82) is 0 Å². The van der Waals surface area contributed by atoms with Crippen LogP contribution in [0.15, 0.2) is 11.0 Å². The molecule has 1 aromatic rings. The van der Waals surface area contributed by atoms with Crippen LogP contribution in [0.2, 0.25) is 0 Å². The minimum Gasteiger partial charge on any atom is -0.358 e. The van der Waals surface area contributed by atoms with E-state index in [1.54, 1.807) is 0 Å². The summed E-state index contributed by atoms with van der Waals surface area (Å²) in [6.45, 7) is 0. The first-order valence-corrected chi connectivity index (χ1v) is 4.25. The predicted molar refractivity (Wildman–Crippen MR) is 48.2 cm³/mol. The van der Waals surface area contributed by atoms with Crippen molar-refractivity contribution in [1.82, 2.24) is 4.98 Å². The van der Waals surface area contributed by atoms with E-state index in [4.69, 9.17) is 11.6 Å². The van der Waals surface area contributed by atoms with Crippen molar-refractivity contribution < 1.29 is 13.7 Å². The van der Waals surface area contributed by atoms with Gasteiger partial charge in [0.1, 0.15) is 0 Å². The van der Waals surface area contributed by atoms with Crippen LogP contribution in [0.3, 0.4) is 0 Å². The highest BCUT2D eigenvalue weighted by atomic mass is 35.5. The maximum Gasteiger partial charge on any atom is 0.333 e. The normalized spacial score (nSPS) is 10.7. The Balaban J connectivity index is 3.52. The summed E-state index contributed by atoms with van der Waals surface area (Å²) in [5.41, 5.74) is -2.37. The summed E-state index contributed by atoms with van der Waals surface area (Å²) < 4.78 is 24.8. The Morgan fingerprint density at radius 1 is 1.60 bits per heavy atom. The molecule has 0 aromatic carbocycles. The lowest BCUT2D eigenvalue weighted by Crippen LogP contribution is -2.17. The molecule has 1 heterocycles. The standard InChI is InChI=1S/C7H5ClF2N2O3/c8-1-3-2-11-7(12(14)15)4(5(3)13)6(9)10/h2,6H,1H2,(H,11,13). The number of hydrogen-bond acceptors (Lipinski definition) is 3. The predicted octanol–water partition coefficient (Wildman–Crippen LogP) is 1.96. The molecule has 8 heteroatoms. The van der Waals surface area contributed by atoms with Gasteiger partial charge < -0.3 is 10.1 Å². The van der Waals surface area contributed by atoms with Crippen LogP contribution in [-0.2, 0) is 5.88 Å². The molecule has 0 amide bonds. The van der Waals surface area contributed by atoms with Gasteiger partial charge in [0.2, 0.25) is 5.43 Å². The number of alkyl halides is 3. The number of hydrogen-bond donors (Lipinski definition) is 1. The zero-order chi connectivity index (χ0) is 11.6. The van der Waals surface area contributed by atoms with E-state index in [-0.39, 0.29) is 11.4 Å². The number of pyridine rings is 1. The van der Waals surface area contributed by atoms with Gasteiger partial charge in [-0.1, -0.05) is 0 Å². The SMILES string of the molecule is O=c1c(CCl)c[nH]c([N+](=O)[O-])c1C(F)F. The molecule has 1 rings (SSSR count). The summed E-state index contributed by atoms with van der Waals surface area (Å²) in [6, 6.07) is 0. The van der Waals surface area contributed by atoms with Crippen LogP contribution in [0.4, 0.5) is 14.6 Å². The molecule has 5 nitrogen and oxygen atoms in total. The Kier molecular flexibility index (Phi) is 3.35. The number of aromatic amines is 1. The van der Waals surface area contributed by atoms with Crippen molar-refractivity contribution in [3.8, 4) is 0 Å². The maximum absolute atomic E-state index is 12.4. The summed E-state index contributed by atoms with van der Waals surface area (Å²) in [5.74, 6) is -1.28. The van der Waals surface area contributed by atoms with E-state index in [2.05, 4.69) is 0 Å². The van der Waals surface area contributed by atoms with E-state index in [0.29, 0.717) is 0 Å². The molecule has 82 valence electrons. The molecule has 1 aromatic heterocycles. The third-order valence-electron chi connectivity index (χ3n) is 1.72. The molecule has 0 saturated heterocycles. The molecule has 0 saturated carbocycles. The van der Waals surface area contributed by atoms with Crippen LogP contribution in [-0.4, -0.2) is 9.91 Å². The summed E-state index contributed by atoms with van der Waals surface area (Å²) in [6.07, 6.45) is -2.25. The fourth-order valence-corrected chi connectivity index (χ4v) is 1.23. The molecule has 15 heavy (non-hydrogen) atoms. The van der Waals surface area contributed by atoms with E-state index >= 15 is 0 Å². The molecule has 0 unspecified atom stereocenters. The Morgan fingerprint density at radius 2 is 2.20 bits per heavy atom. The summed E-state index contributed by atoms with van der Waals surface area (Å²) in [5, 5.41) is 10.3. The lowest BCUT2D eigenvalue weighted by atomic mass is 10.2. The Hall–Kier alpha value is -1.50. The fourth-order valence-electron chi connectivity index (χ4n) is 1.03. The number of nitro groups is 1. The summed E-state index contributed by atoms with van der Waals surface area (Å²) in [7, 11) is 0. The highest BCUT2D eigenvalue weighted by Gasteiger charge is 2.26. The second kappa shape index (κ2) is 4.35. The minimum atomic E-state index is -3.21. The van der Waals surface area contributed by atoms with Crippen molar-refractivity contribution in [2.24, 2.45) is 0 Å².